The molecular formula is C23H22N4O6S. The number of carbonyl (C=O) groups is 2. The molecule has 0 spiro atoms. The molecule has 2 aromatic carbocycles. The van der Waals surface area contributed by atoms with Gasteiger partial charge >= 0.3 is 11.8 Å². The van der Waals surface area contributed by atoms with Gasteiger partial charge in [0.05, 0.1) is 31.6 Å². The zero-order valence-corrected chi connectivity index (χ0v) is 19.2. The van der Waals surface area contributed by atoms with Crippen LogP contribution in [0.3, 0.4) is 0 Å². The number of cyclic esters (lactones) is 1. The molecule has 1 aromatic heterocycles. The molecule has 2 amide bonds. The van der Waals surface area contributed by atoms with Gasteiger partial charge < -0.3 is 20.0 Å². The number of hydrogen-bond donors (Lipinski definition) is 1. The first kappa shape index (κ1) is 22.1. The van der Waals surface area contributed by atoms with Crippen molar-refractivity contribution in [2.24, 2.45) is 0 Å². The number of thioether (sulfide) groups is 1. The van der Waals surface area contributed by atoms with Gasteiger partial charge in [0.1, 0.15) is 29.0 Å². The van der Waals surface area contributed by atoms with Gasteiger partial charge in [0.25, 0.3) is 0 Å². The molecule has 1 N–H and O–H groups in total. The van der Waals surface area contributed by atoms with Crippen LogP contribution in [-0.4, -0.2) is 42.1 Å². The molecule has 0 radical (unpaired) electrons. The smallest absolute Gasteiger partial charge is 0.501 e. The molecule has 3 aromatic rings. The molecule has 176 valence electrons. The number of nitrogens with zero attached hydrogens (tertiary/aromatic N) is 3. The van der Waals surface area contributed by atoms with Gasteiger partial charge in [-0.3, -0.25) is 9.69 Å². The summed E-state index contributed by atoms with van der Waals surface area (Å²) in [6, 6.07) is 10.5. The minimum atomic E-state index is -0.667. The lowest BCUT2D eigenvalue weighted by molar-refractivity contribution is -0.599. The zero-order valence-electron chi connectivity index (χ0n) is 18.4. The van der Waals surface area contributed by atoms with Crippen LogP contribution in [0.15, 0.2) is 52.3 Å². The second kappa shape index (κ2) is 8.90. The summed E-state index contributed by atoms with van der Waals surface area (Å²) in [5, 5.41) is 15.8. The molecule has 1 saturated heterocycles. The predicted molar refractivity (Wildman–Crippen MR) is 126 cm³/mol. The molecule has 11 heteroatoms. The van der Waals surface area contributed by atoms with Crippen LogP contribution >= 0.6 is 11.8 Å². The molecule has 2 aliphatic rings. The molecule has 1 fully saturated rings. The maximum atomic E-state index is 12.5. The maximum absolute atomic E-state index is 12.5. The highest BCUT2D eigenvalue weighted by atomic mass is 32.2. The Morgan fingerprint density at radius 2 is 2.12 bits per heavy atom. The summed E-state index contributed by atoms with van der Waals surface area (Å²) in [6.45, 7) is 0.659. The molecule has 1 unspecified atom stereocenters. The zero-order chi connectivity index (χ0) is 23.8. The Kier molecular flexibility index (Phi) is 5.78. The van der Waals surface area contributed by atoms with Gasteiger partial charge in [0.2, 0.25) is 5.91 Å². The number of aryl methyl sites for hydroxylation is 1. The van der Waals surface area contributed by atoms with Crippen LogP contribution in [0.1, 0.15) is 12.8 Å². The van der Waals surface area contributed by atoms with Crippen LogP contribution in [0.4, 0.5) is 16.2 Å². The molecular weight excluding hydrogens is 460 g/mol. The number of hydrogen-bond acceptors (Lipinski definition) is 7. The van der Waals surface area contributed by atoms with Crippen LogP contribution < -0.4 is 25.4 Å². The van der Waals surface area contributed by atoms with Crippen LogP contribution in [0, 0.1) is 5.21 Å². The number of anilines is 2. The first-order valence-corrected chi connectivity index (χ1v) is 11.8. The van der Waals surface area contributed by atoms with E-state index in [4.69, 9.17) is 9.47 Å². The standard InChI is InChI=1S/C23H22N4O6S/c1-32-19-6-2-5-18-16(19)12-25(22(29)27(18)31)9-3-4-15-11-26(23(30)33-15)14-7-8-20-17(10-14)24-21(28)13-34-20/h2,5-8,10,12,15H,3-4,9,11,13H2,1H3,(H,24,28). The van der Waals surface area contributed by atoms with Crippen molar-refractivity contribution < 1.29 is 23.8 Å². The van der Waals surface area contributed by atoms with Gasteiger partial charge in [0, 0.05) is 10.6 Å². The number of aromatic nitrogens is 2. The number of nitrogens with one attached hydrogen (secondary N) is 1. The predicted octanol–water partition coefficient (Wildman–Crippen LogP) is 2.49. The van der Waals surface area contributed by atoms with E-state index in [1.807, 2.05) is 12.1 Å². The van der Waals surface area contributed by atoms with Gasteiger partial charge in [-0.2, -0.15) is 14.1 Å². The summed E-state index contributed by atoms with van der Waals surface area (Å²) in [4.78, 5) is 39.1. The third-order valence-corrected chi connectivity index (χ3v) is 6.97. The second-order valence-electron chi connectivity index (χ2n) is 8.07. The Balaban J connectivity index is 1.26. The van der Waals surface area contributed by atoms with E-state index in [1.54, 1.807) is 30.5 Å². The monoisotopic (exact) mass is 482 g/mol. The van der Waals surface area contributed by atoms with Gasteiger partial charge in [-0.15, -0.1) is 11.8 Å². The van der Waals surface area contributed by atoms with Crippen molar-refractivity contribution in [1.29, 1.82) is 0 Å². The lowest BCUT2D eigenvalue weighted by atomic mass is 10.1. The quantitative estimate of drug-likeness (QED) is 0.424. The highest BCUT2D eigenvalue weighted by molar-refractivity contribution is 8.00. The normalized spacial score (nSPS) is 17.4. The van der Waals surface area contributed by atoms with E-state index < -0.39 is 11.8 Å². The average molecular weight is 483 g/mol. The van der Waals surface area contributed by atoms with Crippen LogP contribution in [-0.2, 0) is 16.1 Å². The lowest BCUT2D eigenvalue weighted by Crippen LogP contribution is -2.50. The number of benzene rings is 2. The third kappa shape index (κ3) is 4.03. The Labute approximate surface area is 198 Å². The highest BCUT2D eigenvalue weighted by Gasteiger charge is 2.33. The van der Waals surface area contributed by atoms with Crippen molar-refractivity contribution in [2.75, 3.05) is 29.6 Å². The van der Waals surface area contributed by atoms with Crippen LogP contribution in [0.25, 0.3) is 10.9 Å². The molecule has 3 heterocycles. The molecule has 0 aliphatic carbocycles. The number of amides is 2. The van der Waals surface area contributed by atoms with Crippen molar-refractivity contribution in [3.8, 4) is 5.75 Å². The van der Waals surface area contributed by atoms with E-state index in [9.17, 15) is 19.6 Å². The molecule has 5 rings (SSSR count). The Bertz CT molecular complexity index is 1360. The molecule has 2 aliphatic heterocycles. The minimum Gasteiger partial charge on any atom is -0.708 e. The average Bonchev–Trinajstić information content (AvgIpc) is 3.21. The number of carbonyl (C=O) groups excluding carboxylic acids is 2. The lowest BCUT2D eigenvalue weighted by Gasteiger charge is -2.19. The summed E-state index contributed by atoms with van der Waals surface area (Å²) >= 11 is 1.46. The Morgan fingerprint density at radius 1 is 1.26 bits per heavy atom. The minimum absolute atomic E-state index is 0.0718. The first-order valence-electron chi connectivity index (χ1n) is 10.8. The Hall–Kier alpha value is -3.73. The summed E-state index contributed by atoms with van der Waals surface area (Å²) < 4.78 is 12.5. The SMILES string of the molecule is COc1cccc2c1cn(CCCC1CN(c3ccc4c(c3)NC(=O)CS4)C(=O)O1)c(=O)[n+]2[O-]. The third-order valence-electron chi connectivity index (χ3n) is 5.89. The van der Waals surface area contributed by atoms with E-state index in [0.29, 0.717) is 58.9 Å². The van der Waals surface area contributed by atoms with Crippen LogP contribution in [0.2, 0.25) is 0 Å². The Morgan fingerprint density at radius 3 is 2.94 bits per heavy atom. The topological polar surface area (TPSA) is 117 Å². The largest absolute Gasteiger partial charge is 0.708 e. The summed E-state index contributed by atoms with van der Waals surface area (Å²) in [5.74, 6) is 0.813. The fourth-order valence-electron chi connectivity index (χ4n) is 4.22. The van der Waals surface area contributed by atoms with E-state index in [1.165, 1.54) is 28.3 Å². The van der Waals surface area contributed by atoms with Crippen molar-refractivity contribution in [3.63, 3.8) is 0 Å². The van der Waals surface area contributed by atoms with Crippen LogP contribution in [0.5, 0.6) is 5.75 Å². The van der Waals surface area contributed by atoms with Crippen molar-refractivity contribution in [2.45, 2.75) is 30.4 Å². The van der Waals surface area contributed by atoms with E-state index in [0.717, 1.165) is 4.90 Å². The maximum Gasteiger partial charge on any atom is 0.501 e. The van der Waals surface area contributed by atoms with Gasteiger partial charge in [-0.25, -0.2) is 4.79 Å². The highest BCUT2D eigenvalue weighted by Crippen LogP contribution is 2.35. The number of methoxy groups -OCH3 is 1. The second-order valence-corrected chi connectivity index (χ2v) is 9.09. The van der Waals surface area contributed by atoms with Crippen molar-refractivity contribution in [3.05, 3.63) is 58.3 Å². The molecule has 0 bridgehead atoms. The van der Waals surface area contributed by atoms with Crippen molar-refractivity contribution >= 4 is 46.0 Å². The molecule has 0 saturated carbocycles. The van der Waals surface area contributed by atoms with Crippen molar-refractivity contribution in [1.82, 2.24) is 4.57 Å². The number of rotatable bonds is 6. The first-order chi connectivity index (χ1) is 16.4. The molecule has 10 nitrogen and oxygen atoms in total. The van der Waals surface area contributed by atoms with Gasteiger partial charge in [-0.05, 0) is 43.2 Å². The van der Waals surface area contributed by atoms with E-state index >= 15 is 0 Å². The fraction of sp³-hybridized carbons (Fsp3) is 0.304. The molecule has 34 heavy (non-hydrogen) atoms. The summed E-state index contributed by atoms with van der Waals surface area (Å²) in [7, 11) is 1.51. The van der Waals surface area contributed by atoms with E-state index in [2.05, 4.69) is 5.32 Å². The van der Waals surface area contributed by atoms with Gasteiger partial charge in [0.15, 0.2) is 0 Å². The summed E-state index contributed by atoms with van der Waals surface area (Å²) in [5.41, 5.74) is 0.923. The summed E-state index contributed by atoms with van der Waals surface area (Å²) in [6.07, 6.45) is 1.87. The number of fused-ring (bicyclic) bond motifs is 2. The van der Waals surface area contributed by atoms with E-state index in [-0.39, 0.29) is 17.5 Å². The molecule has 1 atom stereocenters. The fourth-order valence-corrected chi connectivity index (χ4v) is 5.01. The van der Waals surface area contributed by atoms with Gasteiger partial charge in [-0.1, -0.05) is 6.07 Å². The number of ether oxygens (including phenoxy) is 2.